The standard InChI is InChI=1S/C23H23N5O6S/c1-28-12-11-24-23(28)35-14-20(30)25-18-6-4-3-5-17(18)22(32)34-13-19(29)26-27-21(31)15-7-9-16(33-2)10-8-15/h3-12H,13-14H2,1-2H3,(H,25,30)(H,26,29)(H,27,31). The molecule has 0 fully saturated rings. The number of rotatable bonds is 9. The van der Waals surface area contributed by atoms with Crippen molar-refractivity contribution in [2.45, 2.75) is 5.16 Å². The molecule has 0 bridgehead atoms. The molecule has 3 rings (SSSR count). The van der Waals surface area contributed by atoms with Crippen molar-refractivity contribution < 1.29 is 28.7 Å². The lowest BCUT2D eigenvalue weighted by atomic mass is 10.2. The number of esters is 1. The molecule has 3 amide bonds. The van der Waals surface area contributed by atoms with Gasteiger partial charge in [0, 0.05) is 25.0 Å². The predicted octanol–water partition coefficient (Wildman–Crippen LogP) is 1.78. The minimum atomic E-state index is -0.811. The van der Waals surface area contributed by atoms with Gasteiger partial charge < -0.3 is 19.4 Å². The van der Waals surface area contributed by atoms with Gasteiger partial charge in [0.15, 0.2) is 11.8 Å². The topological polar surface area (TPSA) is 141 Å². The first kappa shape index (κ1) is 25.3. The first-order chi connectivity index (χ1) is 16.9. The molecule has 35 heavy (non-hydrogen) atoms. The zero-order chi connectivity index (χ0) is 25.2. The fraction of sp³-hybridized carbons (Fsp3) is 0.174. The van der Waals surface area contributed by atoms with Crippen molar-refractivity contribution in [2.24, 2.45) is 7.05 Å². The summed E-state index contributed by atoms with van der Waals surface area (Å²) < 4.78 is 11.8. The van der Waals surface area contributed by atoms with Crippen LogP contribution in [0.1, 0.15) is 20.7 Å². The van der Waals surface area contributed by atoms with Crippen LogP contribution in [0.25, 0.3) is 0 Å². The van der Waals surface area contributed by atoms with Crippen LogP contribution in [0.4, 0.5) is 5.69 Å². The number of anilines is 1. The molecule has 0 spiro atoms. The van der Waals surface area contributed by atoms with E-state index in [1.54, 1.807) is 47.3 Å². The maximum Gasteiger partial charge on any atom is 0.340 e. The van der Waals surface area contributed by atoms with Crippen molar-refractivity contribution in [1.29, 1.82) is 0 Å². The van der Waals surface area contributed by atoms with Crippen molar-refractivity contribution in [3.63, 3.8) is 0 Å². The van der Waals surface area contributed by atoms with Crippen molar-refractivity contribution in [3.8, 4) is 5.75 Å². The molecule has 0 atom stereocenters. The van der Waals surface area contributed by atoms with Gasteiger partial charge in [-0.3, -0.25) is 25.2 Å². The minimum absolute atomic E-state index is 0.0814. The number of nitrogens with one attached hydrogen (secondary N) is 3. The summed E-state index contributed by atoms with van der Waals surface area (Å²) in [6.07, 6.45) is 3.40. The van der Waals surface area contributed by atoms with Crippen molar-refractivity contribution in [3.05, 3.63) is 72.1 Å². The molecule has 182 valence electrons. The Labute approximate surface area is 205 Å². The molecule has 0 saturated carbocycles. The van der Waals surface area contributed by atoms with E-state index in [2.05, 4.69) is 21.2 Å². The van der Waals surface area contributed by atoms with Crippen LogP contribution in [0.15, 0.2) is 66.1 Å². The van der Waals surface area contributed by atoms with E-state index in [9.17, 15) is 19.2 Å². The molecule has 0 aliphatic rings. The number of thioether (sulfide) groups is 1. The highest BCUT2D eigenvalue weighted by Gasteiger charge is 2.17. The van der Waals surface area contributed by atoms with Gasteiger partial charge in [-0.25, -0.2) is 9.78 Å². The number of para-hydroxylation sites is 1. The van der Waals surface area contributed by atoms with Gasteiger partial charge in [0.2, 0.25) is 5.91 Å². The van der Waals surface area contributed by atoms with Gasteiger partial charge in [-0.1, -0.05) is 23.9 Å². The van der Waals surface area contributed by atoms with Gasteiger partial charge in [-0.2, -0.15) is 0 Å². The minimum Gasteiger partial charge on any atom is -0.497 e. The largest absolute Gasteiger partial charge is 0.497 e. The van der Waals surface area contributed by atoms with Crippen LogP contribution in [-0.4, -0.2) is 52.7 Å². The van der Waals surface area contributed by atoms with Gasteiger partial charge in [0.1, 0.15) is 5.75 Å². The summed E-state index contributed by atoms with van der Waals surface area (Å²) >= 11 is 1.25. The van der Waals surface area contributed by atoms with E-state index in [0.717, 1.165) is 0 Å². The molecule has 3 aromatic rings. The lowest BCUT2D eigenvalue weighted by Gasteiger charge is -2.11. The molecule has 0 aliphatic carbocycles. The fourth-order valence-corrected chi connectivity index (χ4v) is 3.50. The highest BCUT2D eigenvalue weighted by Crippen LogP contribution is 2.19. The van der Waals surface area contributed by atoms with Crippen LogP contribution in [-0.2, 0) is 21.4 Å². The van der Waals surface area contributed by atoms with Crippen molar-refractivity contribution >= 4 is 41.1 Å². The maximum atomic E-state index is 12.5. The Balaban J connectivity index is 1.47. The number of hydrogen-bond acceptors (Lipinski definition) is 8. The molecular weight excluding hydrogens is 474 g/mol. The fourth-order valence-electron chi connectivity index (χ4n) is 2.76. The third kappa shape index (κ3) is 7.33. The molecule has 0 aliphatic heterocycles. The SMILES string of the molecule is COc1ccc(C(=O)NNC(=O)COC(=O)c2ccccc2NC(=O)CSc2nccn2C)cc1. The quantitative estimate of drug-likeness (QED) is 0.231. The van der Waals surface area contributed by atoms with Gasteiger partial charge >= 0.3 is 5.97 Å². The molecule has 0 saturated heterocycles. The van der Waals surface area contributed by atoms with E-state index in [1.807, 2.05) is 7.05 Å². The van der Waals surface area contributed by atoms with E-state index in [0.29, 0.717) is 16.5 Å². The molecule has 3 N–H and O–H groups in total. The number of hydrazine groups is 1. The molecule has 1 aromatic heterocycles. The number of ether oxygens (including phenoxy) is 2. The van der Waals surface area contributed by atoms with E-state index in [1.165, 1.54) is 37.1 Å². The van der Waals surface area contributed by atoms with Crippen LogP contribution in [0.3, 0.4) is 0 Å². The number of benzene rings is 2. The van der Waals surface area contributed by atoms with E-state index < -0.39 is 24.4 Å². The first-order valence-corrected chi connectivity index (χ1v) is 11.3. The van der Waals surface area contributed by atoms with Crippen LogP contribution in [0.2, 0.25) is 0 Å². The van der Waals surface area contributed by atoms with E-state index in [4.69, 9.17) is 9.47 Å². The van der Waals surface area contributed by atoms with Crippen LogP contribution in [0.5, 0.6) is 5.75 Å². The third-order valence-corrected chi connectivity index (χ3v) is 5.59. The lowest BCUT2D eigenvalue weighted by Crippen LogP contribution is -2.43. The number of hydrogen-bond donors (Lipinski definition) is 3. The molecule has 1 heterocycles. The highest BCUT2D eigenvalue weighted by atomic mass is 32.2. The lowest BCUT2D eigenvalue weighted by molar-refractivity contribution is -0.125. The Bertz CT molecular complexity index is 1210. The number of carbonyl (C=O) groups is 4. The Morgan fingerprint density at radius 3 is 2.43 bits per heavy atom. The number of methoxy groups -OCH3 is 1. The number of aromatic nitrogens is 2. The van der Waals surface area contributed by atoms with Crippen molar-refractivity contribution in [1.82, 2.24) is 20.4 Å². The summed E-state index contributed by atoms with van der Waals surface area (Å²) in [4.78, 5) is 53.0. The second-order valence-corrected chi connectivity index (χ2v) is 7.95. The summed E-state index contributed by atoms with van der Waals surface area (Å²) in [6, 6.07) is 12.5. The third-order valence-electron chi connectivity index (χ3n) is 4.53. The average molecular weight is 498 g/mol. The molecule has 2 aromatic carbocycles. The van der Waals surface area contributed by atoms with Crippen LogP contribution in [0, 0.1) is 0 Å². The summed E-state index contributed by atoms with van der Waals surface area (Å²) in [5.74, 6) is -1.77. The van der Waals surface area contributed by atoms with Crippen LogP contribution < -0.4 is 20.9 Å². The molecule has 11 nitrogen and oxygen atoms in total. The second-order valence-electron chi connectivity index (χ2n) is 7.01. The average Bonchev–Trinajstić information content (AvgIpc) is 3.29. The number of amides is 3. The summed E-state index contributed by atoms with van der Waals surface area (Å²) in [7, 11) is 3.32. The van der Waals surface area contributed by atoms with E-state index >= 15 is 0 Å². The van der Waals surface area contributed by atoms with Crippen molar-refractivity contribution in [2.75, 3.05) is 24.8 Å². The van der Waals surface area contributed by atoms with E-state index in [-0.39, 0.29) is 22.9 Å². The summed E-state index contributed by atoms with van der Waals surface area (Å²) in [5.41, 5.74) is 5.03. The van der Waals surface area contributed by atoms with Gasteiger partial charge in [-0.15, -0.1) is 0 Å². The Hall–Kier alpha value is -4.32. The molecule has 12 heteroatoms. The second kappa shape index (κ2) is 12.2. The number of imidazole rings is 1. The monoisotopic (exact) mass is 497 g/mol. The maximum absolute atomic E-state index is 12.5. The summed E-state index contributed by atoms with van der Waals surface area (Å²) in [5, 5.41) is 3.34. The zero-order valence-corrected chi connectivity index (χ0v) is 19.8. The smallest absolute Gasteiger partial charge is 0.340 e. The number of nitrogens with zero attached hydrogens (tertiary/aromatic N) is 2. The van der Waals surface area contributed by atoms with Gasteiger partial charge in [-0.05, 0) is 36.4 Å². The Kier molecular flexibility index (Phi) is 8.84. The predicted molar refractivity (Wildman–Crippen MR) is 128 cm³/mol. The number of aryl methyl sites for hydroxylation is 1. The normalized spacial score (nSPS) is 10.2. The zero-order valence-electron chi connectivity index (χ0n) is 18.9. The van der Waals surface area contributed by atoms with Gasteiger partial charge in [0.25, 0.3) is 11.8 Å². The van der Waals surface area contributed by atoms with Gasteiger partial charge in [0.05, 0.1) is 24.1 Å². The number of carbonyl (C=O) groups excluding carboxylic acids is 4. The molecule has 0 unspecified atom stereocenters. The highest BCUT2D eigenvalue weighted by molar-refractivity contribution is 7.99. The first-order valence-electron chi connectivity index (χ1n) is 10.3. The molecular formula is C23H23N5O6S. The summed E-state index contributed by atoms with van der Waals surface area (Å²) in [6.45, 7) is -0.640. The van der Waals surface area contributed by atoms with Crippen LogP contribution >= 0.6 is 11.8 Å². The Morgan fingerprint density at radius 2 is 1.74 bits per heavy atom. The Morgan fingerprint density at radius 1 is 1.00 bits per heavy atom. The molecule has 0 radical (unpaired) electrons.